The van der Waals surface area contributed by atoms with E-state index in [4.69, 9.17) is 0 Å². The molecule has 0 atom stereocenters. The molecule has 0 aliphatic heterocycles. The summed E-state index contributed by atoms with van der Waals surface area (Å²) in [5.41, 5.74) is 1.29. The largest absolute Gasteiger partial charge is 1.00 e. The van der Waals surface area contributed by atoms with Crippen molar-refractivity contribution in [1.82, 2.24) is 0 Å². The molecule has 1 nitrogen and oxygen atoms in total. The molecule has 0 saturated carbocycles. The zero-order valence-electron chi connectivity index (χ0n) is 15.6. The van der Waals surface area contributed by atoms with Crippen molar-refractivity contribution in [2.45, 2.75) is 52.2 Å². The number of phenols is 1. The molecule has 24 heavy (non-hydrogen) atoms. The van der Waals surface area contributed by atoms with Crippen molar-refractivity contribution in [2.24, 2.45) is 0 Å². The van der Waals surface area contributed by atoms with Crippen molar-refractivity contribution in [3.63, 3.8) is 0 Å². The summed E-state index contributed by atoms with van der Waals surface area (Å²) < 4.78 is 0. The molecule has 1 aliphatic carbocycles. The van der Waals surface area contributed by atoms with Crippen LogP contribution in [-0.4, -0.2) is 18.0 Å². The molecule has 1 aliphatic rings. The minimum atomic E-state index is -1.01. The van der Waals surface area contributed by atoms with Gasteiger partial charge in [-0.05, 0) is 23.1 Å². The quantitative estimate of drug-likeness (QED) is 0.467. The van der Waals surface area contributed by atoms with E-state index in [1.807, 2.05) is 12.1 Å². The Morgan fingerprint density at radius 3 is 1.92 bits per heavy atom. The molecule has 135 valence electrons. The molecular formula is C19H29Cl2OSiTi-2. The average Bonchev–Trinajstić information content (AvgIpc) is 2.95. The first-order valence-corrected chi connectivity index (χ1v) is 12.1. The summed E-state index contributed by atoms with van der Waals surface area (Å²) in [6.45, 7) is 13.4. The summed E-state index contributed by atoms with van der Waals surface area (Å²) in [6.07, 6.45) is 8.82. The van der Waals surface area contributed by atoms with E-state index in [9.17, 15) is 5.11 Å². The minimum Gasteiger partial charge on any atom is -1.00 e. The molecular weight excluding hydrogens is 391 g/mol. The Morgan fingerprint density at radius 1 is 1.12 bits per heavy atom. The monoisotopic (exact) mass is 419 g/mol. The molecule has 0 saturated heterocycles. The van der Waals surface area contributed by atoms with Crippen LogP contribution in [0.2, 0.25) is 19.6 Å². The number of halogens is 2. The molecule has 0 radical (unpaired) electrons. The molecule has 0 heterocycles. The molecule has 0 fully saturated rings. The van der Waals surface area contributed by atoms with Crippen LogP contribution in [0.15, 0.2) is 41.6 Å². The van der Waals surface area contributed by atoms with Crippen molar-refractivity contribution in [2.75, 3.05) is 0 Å². The Bertz CT molecular complexity index is 529. The number of phenolic OH excluding ortho intramolecular Hbond substituents is 1. The van der Waals surface area contributed by atoms with Gasteiger partial charge in [0.25, 0.3) is 0 Å². The Kier molecular flexibility index (Phi) is 15.7. The zero-order valence-corrected chi connectivity index (χ0v) is 19.7. The molecule has 1 aromatic rings. The van der Waals surface area contributed by atoms with Crippen molar-refractivity contribution < 1.29 is 49.9 Å². The third-order valence-corrected chi connectivity index (χ3v) is 5.17. The van der Waals surface area contributed by atoms with Gasteiger partial charge in [-0.2, -0.15) is 6.08 Å². The first-order chi connectivity index (χ1) is 10.1. The second-order valence-corrected chi connectivity index (χ2v) is 12.3. The first kappa shape index (κ1) is 28.7. The average molecular weight is 420 g/mol. The van der Waals surface area contributed by atoms with E-state index in [-0.39, 0.29) is 30.2 Å². The fourth-order valence-corrected chi connectivity index (χ4v) is 3.14. The van der Waals surface area contributed by atoms with Crippen LogP contribution in [0.5, 0.6) is 5.75 Å². The molecule has 0 amide bonds. The van der Waals surface area contributed by atoms with Crippen LogP contribution < -0.4 is 24.8 Å². The molecule has 2 rings (SSSR count). The van der Waals surface area contributed by atoms with E-state index in [0.29, 0.717) is 5.75 Å². The van der Waals surface area contributed by atoms with Crippen molar-refractivity contribution >= 4 is 12.9 Å². The first-order valence-electron chi connectivity index (χ1n) is 7.53. The van der Waals surface area contributed by atoms with E-state index in [0.717, 1.165) is 12.0 Å². The summed E-state index contributed by atoms with van der Waals surface area (Å²) in [4.78, 5) is 3.25. The number of benzene rings is 1. The topological polar surface area (TPSA) is 20.2 Å². The van der Waals surface area contributed by atoms with Crippen LogP contribution in [0.4, 0.5) is 0 Å². The van der Waals surface area contributed by atoms with Crippen LogP contribution in [-0.2, 0) is 25.4 Å². The standard InChI is InChI=1S/C10H14O.C8H13Si.CH2.2ClH.Ti/c1-10(2,3)8-5-4-6-9(11)7-8;1-9(2,3)8-6-4-5-7-8;;;;/h4-7,11H,1-3H3;4,6H,5H2,1-3H3;1H2;2*1H;/q;-1;;;;+1/p-2. The second kappa shape index (κ2) is 13.1. The van der Waals surface area contributed by atoms with Gasteiger partial charge in [0.2, 0.25) is 0 Å². The van der Waals surface area contributed by atoms with Crippen LogP contribution >= 0.6 is 0 Å². The Hall–Kier alpha value is -0.119. The van der Waals surface area contributed by atoms with Gasteiger partial charge < -0.3 is 29.9 Å². The van der Waals surface area contributed by atoms with Crippen LogP contribution in [0.1, 0.15) is 32.8 Å². The van der Waals surface area contributed by atoms with Crippen LogP contribution in [0, 0.1) is 6.08 Å². The fourth-order valence-electron chi connectivity index (χ4n) is 1.89. The number of hydrogen-bond acceptors (Lipinski definition) is 1. The molecule has 1 N–H and O–H groups in total. The number of allylic oxidation sites excluding steroid dienone is 4. The summed E-state index contributed by atoms with van der Waals surface area (Å²) in [6, 6.07) is 7.39. The molecule has 0 spiro atoms. The van der Waals surface area contributed by atoms with Gasteiger partial charge in [-0.3, -0.25) is 6.08 Å². The van der Waals surface area contributed by atoms with Crippen LogP contribution in [0.25, 0.3) is 0 Å². The van der Waals surface area contributed by atoms with Gasteiger partial charge >= 0.3 is 24.8 Å². The summed E-state index contributed by atoms with van der Waals surface area (Å²) in [5.74, 6) is 0.345. The van der Waals surface area contributed by atoms with E-state index >= 15 is 0 Å². The Morgan fingerprint density at radius 2 is 1.67 bits per heavy atom. The third kappa shape index (κ3) is 11.4. The maximum atomic E-state index is 9.18. The normalized spacial score (nSPS) is 12.4. The minimum absolute atomic E-state index is 0. The predicted octanol–water partition coefficient (Wildman–Crippen LogP) is -0.784. The second-order valence-electron chi connectivity index (χ2n) is 7.25. The summed E-state index contributed by atoms with van der Waals surface area (Å²) in [7, 11) is -1.01. The van der Waals surface area contributed by atoms with E-state index in [1.54, 1.807) is 32.1 Å². The molecule has 5 heteroatoms. The molecule has 0 bridgehead atoms. The Balaban J connectivity index is -0.000000313. The number of rotatable bonds is 1. The predicted molar refractivity (Wildman–Crippen MR) is 97.8 cm³/mol. The SMILES string of the molecule is CC(C)(C)c1cccc(O)c1.C[Si](C)(C)C1=[C-]CC=C1.[CH2]=[Ti+].[Cl-].[Cl-]. The van der Waals surface area contributed by atoms with Gasteiger partial charge in [0.05, 0.1) is 0 Å². The summed E-state index contributed by atoms with van der Waals surface area (Å²) >= 11 is 1.75. The molecule has 0 aromatic heterocycles. The van der Waals surface area contributed by atoms with E-state index in [2.05, 4.69) is 63.5 Å². The third-order valence-electron chi connectivity index (χ3n) is 3.22. The summed E-state index contributed by atoms with van der Waals surface area (Å²) in [5, 5.41) is 10.7. The van der Waals surface area contributed by atoms with Gasteiger partial charge in [-0.25, -0.2) is 11.3 Å². The fraction of sp³-hybridized carbons (Fsp3) is 0.421. The molecule has 1 aromatic carbocycles. The van der Waals surface area contributed by atoms with Crippen molar-refractivity contribution in [3.05, 3.63) is 53.3 Å². The zero-order chi connectivity index (χ0) is 17.4. The molecule has 0 unspecified atom stereocenters. The van der Waals surface area contributed by atoms with Gasteiger partial charge in [-0.1, -0.05) is 52.5 Å². The number of aromatic hydroxyl groups is 1. The smallest absolute Gasteiger partial charge is 1.00 e. The number of hydrogen-bond donors (Lipinski definition) is 1. The van der Waals surface area contributed by atoms with Crippen molar-refractivity contribution in [1.29, 1.82) is 0 Å². The van der Waals surface area contributed by atoms with Gasteiger partial charge in [0.15, 0.2) is 0 Å². The Labute approximate surface area is 173 Å². The van der Waals surface area contributed by atoms with Crippen molar-refractivity contribution in [3.8, 4) is 5.75 Å². The van der Waals surface area contributed by atoms with Gasteiger partial charge in [-0.15, -0.1) is 6.42 Å². The van der Waals surface area contributed by atoms with E-state index in [1.165, 1.54) is 5.20 Å². The van der Waals surface area contributed by atoms with Gasteiger partial charge in [0.1, 0.15) is 5.75 Å². The maximum absolute atomic E-state index is 9.18. The maximum Gasteiger partial charge on any atom is -1.00 e. The van der Waals surface area contributed by atoms with E-state index < -0.39 is 8.07 Å². The van der Waals surface area contributed by atoms with Crippen LogP contribution in [0.3, 0.4) is 0 Å². The van der Waals surface area contributed by atoms with Gasteiger partial charge in [0, 0.05) is 8.07 Å².